The predicted octanol–water partition coefficient (Wildman–Crippen LogP) is 3.51. The van der Waals surface area contributed by atoms with Crippen LogP contribution in [0.2, 0.25) is 0 Å². The molecule has 0 unspecified atom stereocenters. The summed E-state index contributed by atoms with van der Waals surface area (Å²) in [6.07, 6.45) is 1.52. The van der Waals surface area contributed by atoms with E-state index >= 15 is 0 Å². The lowest BCUT2D eigenvalue weighted by molar-refractivity contribution is 0.0690. The third-order valence-corrected chi connectivity index (χ3v) is 3.17. The first kappa shape index (κ1) is 13.1. The zero-order valence-electron chi connectivity index (χ0n) is 11.2. The van der Waals surface area contributed by atoms with E-state index in [9.17, 15) is 4.79 Å². The molecule has 1 N–H and O–H groups in total. The van der Waals surface area contributed by atoms with Crippen LogP contribution in [0.5, 0.6) is 5.75 Å². The monoisotopic (exact) mass is 279 g/mol. The Hall–Kier alpha value is -2.88. The van der Waals surface area contributed by atoms with Gasteiger partial charge in [0.25, 0.3) is 0 Å². The van der Waals surface area contributed by atoms with E-state index in [4.69, 9.17) is 9.84 Å². The second-order valence-electron chi connectivity index (χ2n) is 4.65. The number of hydrogen-bond acceptors (Lipinski definition) is 3. The fourth-order valence-corrected chi connectivity index (χ4v) is 2.06. The summed E-state index contributed by atoms with van der Waals surface area (Å²) in [6, 6.07) is 17.2. The summed E-state index contributed by atoms with van der Waals surface area (Å²) in [7, 11) is 0. The molecule has 0 amide bonds. The Labute approximate surface area is 121 Å². The van der Waals surface area contributed by atoms with E-state index in [1.54, 1.807) is 6.07 Å². The molecule has 0 spiro atoms. The number of fused-ring (bicyclic) bond motifs is 1. The van der Waals surface area contributed by atoms with E-state index in [-0.39, 0.29) is 5.69 Å². The average molecular weight is 279 g/mol. The van der Waals surface area contributed by atoms with Gasteiger partial charge in [-0.1, -0.05) is 36.4 Å². The standard InChI is InChI=1S/C17H13NO3/c19-17(20)16-8-5-12(10-18-16)11-21-15-7-6-13-3-1-2-4-14(13)9-15/h1-10H,11H2,(H,19,20). The molecule has 0 saturated carbocycles. The topological polar surface area (TPSA) is 59.4 Å². The molecule has 1 heterocycles. The van der Waals surface area contributed by atoms with Crippen molar-refractivity contribution in [2.75, 3.05) is 0 Å². The summed E-state index contributed by atoms with van der Waals surface area (Å²) >= 11 is 0. The van der Waals surface area contributed by atoms with Crippen LogP contribution in [0.1, 0.15) is 16.1 Å². The molecule has 104 valence electrons. The number of carboxylic acid groups (broad SMARTS) is 1. The van der Waals surface area contributed by atoms with Crippen molar-refractivity contribution in [2.24, 2.45) is 0 Å². The van der Waals surface area contributed by atoms with E-state index in [0.29, 0.717) is 6.61 Å². The number of carboxylic acids is 1. The first-order chi connectivity index (χ1) is 10.2. The van der Waals surface area contributed by atoms with Gasteiger partial charge in [-0.3, -0.25) is 0 Å². The Morgan fingerprint density at radius 3 is 2.57 bits per heavy atom. The smallest absolute Gasteiger partial charge is 0.354 e. The lowest BCUT2D eigenvalue weighted by atomic mass is 10.1. The fourth-order valence-electron chi connectivity index (χ4n) is 2.06. The quantitative estimate of drug-likeness (QED) is 0.794. The normalized spacial score (nSPS) is 10.5. The molecule has 0 aliphatic rings. The van der Waals surface area contributed by atoms with Crippen LogP contribution in [-0.2, 0) is 6.61 Å². The Morgan fingerprint density at radius 1 is 1.05 bits per heavy atom. The average Bonchev–Trinajstić information content (AvgIpc) is 2.53. The van der Waals surface area contributed by atoms with Gasteiger partial charge in [-0.15, -0.1) is 0 Å². The van der Waals surface area contributed by atoms with Crippen molar-refractivity contribution in [3.63, 3.8) is 0 Å². The van der Waals surface area contributed by atoms with Gasteiger partial charge >= 0.3 is 5.97 Å². The molecule has 0 bridgehead atoms. The zero-order chi connectivity index (χ0) is 14.7. The summed E-state index contributed by atoms with van der Waals surface area (Å²) in [5.41, 5.74) is 0.859. The number of hydrogen-bond donors (Lipinski definition) is 1. The molecule has 3 rings (SSSR count). The van der Waals surface area contributed by atoms with Crippen LogP contribution >= 0.6 is 0 Å². The predicted molar refractivity (Wildman–Crippen MR) is 79.5 cm³/mol. The fraction of sp³-hybridized carbons (Fsp3) is 0.0588. The van der Waals surface area contributed by atoms with Crippen LogP contribution in [0, 0.1) is 0 Å². The summed E-state index contributed by atoms with van der Waals surface area (Å²) < 4.78 is 5.71. The van der Waals surface area contributed by atoms with Crippen molar-refractivity contribution in [3.05, 3.63) is 72.1 Å². The molecule has 0 aliphatic heterocycles. The molecule has 21 heavy (non-hydrogen) atoms. The van der Waals surface area contributed by atoms with Crippen molar-refractivity contribution < 1.29 is 14.6 Å². The van der Waals surface area contributed by atoms with Crippen LogP contribution in [0.4, 0.5) is 0 Å². The zero-order valence-corrected chi connectivity index (χ0v) is 11.2. The molecule has 0 aliphatic carbocycles. The maximum absolute atomic E-state index is 10.7. The highest BCUT2D eigenvalue weighted by Crippen LogP contribution is 2.21. The van der Waals surface area contributed by atoms with Gasteiger partial charge in [0.05, 0.1) is 0 Å². The number of benzene rings is 2. The third kappa shape index (κ3) is 3.00. The molecule has 0 radical (unpaired) electrons. The van der Waals surface area contributed by atoms with Crippen molar-refractivity contribution in [3.8, 4) is 5.75 Å². The highest BCUT2D eigenvalue weighted by molar-refractivity contribution is 5.85. The molecule has 4 nitrogen and oxygen atoms in total. The Kier molecular flexibility index (Phi) is 3.51. The molecule has 4 heteroatoms. The molecule has 0 atom stereocenters. The number of aromatic carboxylic acids is 1. The number of pyridine rings is 1. The van der Waals surface area contributed by atoms with Gasteiger partial charge in [-0.25, -0.2) is 9.78 Å². The first-order valence-corrected chi connectivity index (χ1v) is 6.52. The van der Waals surface area contributed by atoms with Crippen LogP contribution in [-0.4, -0.2) is 16.1 Å². The second kappa shape index (κ2) is 5.63. The number of nitrogens with zero attached hydrogens (tertiary/aromatic N) is 1. The largest absolute Gasteiger partial charge is 0.489 e. The molecular weight excluding hydrogens is 266 g/mol. The van der Waals surface area contributed by atoms with Crippen LogP contribution in [0.15, 0.2) is 60.8 Å². The minimum Gasteiger partial charge on any atom is -0.489 e. The lowest BCUT2D eigenvalue weighted by Gasteiger charge is -2.07. The molecule has 0 saturated heterocycles. The number of carbonyl (C=O) groups is 1. The molecular formula is C17H13NO3. The third-order valence-electron chi connectivity index (χ3n) is 3.17. The Morgan fingerprint density at radius 2 is 1.86 bits per heavy atom. The minimum atomic E-state index is -1.03. The Bertz CT molecular complexity index is 781. The SMILES string of the molecule is O=C(O)c1ccc(COc2ccc3ccccc3c2)cn1. The van der Waals surface area contributed by atoms with E-state index in [2.05, 4.69) is 4.98 Å². The molecule has 2 aromatic carbocycles. The first-order valence-electron chi connectivity index (χ1n) is 6.52. The highest BCUT2D eigenvalue weighted by atomic mass is 16.5. The highest BCUT2D eigenvalue weighted by Gasteiger charge is 2.04. The Balaban J connectivity index is 1.72. The molecule has 0 fully saturated rings. The number of aromatic nitrogens is 1. The van der Waals surface area contributed by atoms with Gasteiger partial charge in [-0.2, -0.15) is 0 Å². The number of rotatable bonds is 4. The minimum absolute atomic E-state index is 0.0319. The lowest BCUT2D eigenvalue weighted by Crippen LogP contribution is -2.02. The maximum Gasteiger partial charge on any atom is 0.354 e. The van der Waals surface area contributed by atoms with Crippen molar-refractivity contribution in [1.82, 2.24) is 4.98 Å². The van der Waals surface area contributed by atoms with Crippen LogP contribution in [0.3, 0.4) is 0 Å². The van der Waals surface area contributed by atoms with E-state index < -0.39 is 5.97 Å². The second-order valence-corrected chi connectivity index (χ2v) is 4.65. The maximum atomic E-state index is 10.7. The van der Waals surface area contributed by atoms with E-state index in [0.717, 1.165) is 22.1 Å². The van der Waals surface area contributed by atoms with E-state index in [1.165, 1.54) is 12.3 Å². The van der Waals surface area contributed by atoms with Crippen molar-refractivity contribution in [1.29, 1.82) is 0 Å². The summed E-state index contributed by atoms with van der Waals surface area (Å²) in [5.74, 6) is -0.256. The van der Waals surface area contributed by atoms with E-state index in [1.807, 2.05) is 42.5 Å². The van der Waals surface area contributed by atoms with Crippen molar-refractivity contribution in [2.45, 2.75) is 6.61 Å². The van der Waals surface area contributed by atoms with Gasteiger partial charge in [0.2, 0.25) is 0 Å². The summed E-state index contributed by atoms with van der Waals surface area (Å²) in [6.45, 7) is 0.352. The van der Waals surface area contributed by atoms with Gasteiger partial charge in [0.1, 0.15) is 18.1 Å². The molecule has 1 aromatic heterocycles. The summed E-state index contributed by atoms with van der Waals surface area (Å²) in [5, 5.41) is 11.1. The van der Waals surface area contributed by atoms with Gasteiger partial charge in [-0.05, 0) is 29.0 Å². The van der Waals surface area contributed by atoms with Gasteiger partial charge in [0, 0.05) is 11.8 Å². The van der Waals surface area contributed by atoms with Gasteiger partial charge < -0.3 is 9.84 Å². The van der Waals surface area contributed by atoms with Crippen molar-refractivity contribution >= 4 is 16.7 Å². The number of ether oxygens (including phenoxy) is 1. The molecule has 3 aromatic rings. The van der Waals surface area contributed by atoms with Crippen LogP contribution in [0.25, 0.3) is 10.8 Å². The van der Waals surface area contributed by atoms with Gasteiger partial charge in [0.15, 0.2) is 0 Å². The van der Waals surface area contributed by atoms with Crippen LogP contribution < -0.4 is 4.74 Å². The summed E-state index contributed by atoms with van der Waals surface area (Å²) in [4.78, 5) is 14.6.